The molecule has 30 heavy (non-hydrogen) atoms. The summed E-state index contributed by atoms with van der Waals surface area (Å²) >= 11 is 0. The number of hydrogen-bond donors (Lipinski definition) is 2. The maximum atomic E-state index is 13.3. The minimum absolute atomic E-state index is 0.107. The third kappa shape index (κ3) is 5.70. The molecule has 2 N–H and O–H groups in total. The number of halogens is 4. The number of carbonyl (C=O) groups excluding carboxylic acids is 1. The van der Waals surface area contributed by atoms with Gasteiger partial charge in [-0.25, -0.2) is 12.8 Å². The molecule has 2 aromatic carbocycles. The van der Waals surface area contributed by atoms with Gasteiger partial charge in [0.25, 0.3) is 0 Å². The fourth-order valence-corrected chi connectivity index (χ4v) is 3.82. The van der Waals surface area contributed by atoms with Crippen LogP contribution in [-0.2, 0) is 21.0 Å². The first-order chi connectivity index (χ1) is 13.8. The summed E-state index contributed by atoms with van der Waals surface area (Å²) < 4.78 is 84.3. The van der Waals surface area contributed by atoms with E-state index < -0.39 is 39.5 Å². The number of ether oxygens (including phenoxy) is 1. The third-order valence-corrected chi connectivity index (χ3v) is 5.56. The number of benzene rings is 2. The van der Waals surface area contributed by atoms with Gasteiger partial charge < -0.3 is 10.1 Å². The van der Waals surface area contributed by atoms with E-state index in [0.717, 1.165) is 6.07 Å². The second-order valence-corrected chi connectivity index (χ2v) is 8.10. The smallest absolute Gasteiger partial charge is 0.419 e. The van der Waals surface area contributed by atoms with Gasteiger partial charge in [0.1, 0.15) is 11.6 Å². The predicted molar refractivity (Wildman–Crippen MR) is 102 cm³/mol. The minimum Gasteiger partial charge on any atom is -0.494 e. The van der Waals surface area contributed by atoms with E-state index in [4.69, 9.17) is 4.74 Å². The molecule has 0 spiro atoms. The molecule has 0 saturated carbocycles. The van der Waals surface area contributed by atoms with E-state index in [1.54, 1.807) is 13.8 Å². The molecule has 0 aliphatic heterocycles. The van der Waals surface area contributed by atoms with Crippen molar-refractivity contribution >= 4 is 21.6 Å². The summed E-state index contributed by atoms with van der Waals surface area (Å²) in [5, 5.41) is 2.14. The van der Waals surface area contributed by atoms with E-state index in [1.165, 1.54) is 25.1 Å². The highest BCUT2D eigenvalue weighted by atomic mass is 32.2. The number of sulfonamides is 1. The maximum Gasteiger partial charge on any atom is 0.419 e. The highest BCUT2D eigenvalue weighted by molar-refractivity contribution is 7.89. The molecular weight excluding hydrogens is 428 g/mol. The Kier molecular flexibility index (Phi) is 7.09. The molecule has 2 rings (SSSR count). The molecule has 0 unspecified atom stereocenters. The molecule has 0 saturated heterocycles. The second kappa shape index (κ2) is 9.00. The van der Waals surface area contributed by atoms with Crippen molar-refractivity contribution in [1.29, 1.82) is 0 Å². The normalized spacial score (nSPS) is 13.0. The molecular formula is C19H20F4N2O4S. The van der Waals surface area contributed by atoms with Crippen molar-refractivity contribution in [3.05, 3.63) is 53.3 Å². The van der Waals surface area contributed by atoms with Crippen LogP contribution < -0.4 is 14.8 Å². The van der Waals surface area contributed by atoms with Gasteiger partial charge in [-0.1, -0.05) is 0 Å². The number of rotatable bonds is 7. The van der Waals surface area contributed by atoms with Crippen LogP contribution in [0.5, 0.6) is 5.75 Å². The molecule has 2 aromatic rings. The maximum absolute atomic E-state index is 13.3. The lowest BCUT2D eigenvalue weighted by atomic mass is 10.1. The highest BCUT2D eigenvalue weighted by Gasteiger charge is 2.34. The predicted octanol–water partition coefficient (Wildman–Crippen LogP) is 3.86. The summed E-state index contributed by atoms with van der Waals surface area (Å²) in [4.78, 5) is 12.1. The van der Waals surface area contributed by atoms with Gasteiger partial charge in [0.2, 0.25) is 15.9 Å². The molecule has 11 heteroatoms. The van der Waals surface area contributed by atoms with Crippen molar-refractivity contribution in [3.63, 3.8) is 0 Å². The van der Waals surface area contributed by atoms with Crippen LogP contribution in [0.15, 0.2) is 41.3 Å². The first-order valence-electron chi connectivity index (χ1n) is 8.78. The summed E-state index contributed by atoms with van der Waals surface area (Å²) in [5.41, 5.74) is -1.29. The zero-order chi connectivity index (χ0) is 22.7. The molecule has 0 radical (unpaired) electrons. The minimum atomic E-state index is -4.94. The summed E-state index contributed by atoms with van der Waals surface area (Å²) in [6.45, 7) is 5.07. The number of nitrogens with one attached hydrogen (secondary N) is 2. The topological polar surface area (TPSA) is 84.5 Å². The quantitative estimate of drug-likeness (QED) is 0.630. The number of amides is 1. The van der Waals surface area contributed by atoms with Gasteiger partial charge in [0.05, 0.1) is 23.1 Å². The van der Waals surface area contributed by atoms with E-state index in [2.05, 4.69) is 10.0 Å². The SMILES string of the molecule is CCOc1ccc(S(=O)(=O)N[C@@H](C)C(=O)Nc2ccc(F)c(C(F)(F)F)c2)cc1C. The number of alkyl halides is 3. The van der Waals surface area contributed by atoms with E-state index in [9.17, 15) is 30.8 Å². The Morgan fingerprint density at radius 1 is 1.17 bits per heavy atom. The van der Waals surface area contributed by atoms with Crippen LogP contribution in [0.3, 0.4) is 0 Å². The number of hydrogen-bond acceptors (Lipinski definition) is 4. The lowest BCUT2D eigenvalue weighted by molar-refractivity contribution is -0.140. The van der Waals surface area contributed by atoms with Crippen LogP contribution >= 0.6 is 0 Å². The van der Waals surface area contributed by atoms with Gasteiger partial charge in [-0.3, -0.25) is 4.79 Å². The molecule has 1 amide bonds. The third-order valence-electron chi connectivity index (χ3n) is 4.02. The lowest BCUT2D eigenvalue weighted by Gasteiger charge is -2.16. The van der Waals surface area contributed by atoms with Gasteiger partial charge in [0.15, 0.2) is 0 Å². The average molecular weight is 448 g/mol. The first kappa shape index (κ1) is 23.6. The molecule has 6 nitrogen and oxygen atoms in total. The van der Waals surface area contributed by atoms with Crippen LogP contribution in [0.25, 0.3) is 0 Å². The zero-order valence-electron chi connectivity index (χ0n) is 16.3. The van der Waals surface area contributed by atoms with E-state index >= 15 is 0 Å². The highest BCUT2D eigenvalue weighted by Crippen LogP contribution is 2.33. The number of anilines is 1. The Balaban J connectivity index is 2.14. The molecule has 164 valence electrons. The Hall–Kier alpha value is -2.66. The van der Waals surface area contributed by atoms with E-state index in [0.29, 0.717) is 30.1 Å². The summed E-state index contributed by atoms with van der Waals surface area (Å²) in [5.74, 6) is -1.89. The molecule has 1 atom stereocenters. The van der Waals surface area contributed by atoms with Crippen molar-refractivity contribution < 1.29 is 35.5 Å². The fraction of sp³-hybridized carbons (Fsp3) is 0.316. The number of aryl methyl sites for hydroxylation is 1. The zero-order valence-corrected chi connectivity index (χ0v) is 17.1. The van der Waals surface area contributed by atoms with Gasteiger partial charge in [-0.05, 0) is 62.7 Å². The van der Waals surface area contributed by atoms with Gasteiger partial charge in [-0.15, -0.1) is 0 Å². The van der Waals surface area contributed by atoms with Crippen LogP contribution in [-0.4, -0.2) is 27.0 Å². The van der Waals surface area contributed by atoms with E-state index in [1.807, 2.05) is 0 Å². The summed E-state index contributed by atoms with van der Waals surface area (Å²) in [6.07, 6.45) is -4.94. The van der Waals surface area contributed by atoms with Crippen molar-refractivity contribution in [3.8, 4) is 5.75 Å². The second-order valence-electron chi connectivity index (χ2n) is 6.38. The van der Waals surface area contributed by atoms with Crippen molar-refractivity contribution in [2.75, 3.05) is 11.9 Å². The molecule has 0 aromatic heterocycles. The molecule has 0 bridgehead atoms. The van der Waals surface area contributed by atoms with Gasteiger partial charge in [0, 0.05) is 5.69 Å². The van der Waals surface area contributed by atoms with Gasteiger partial charge >= 0.3 is 6.18 Å². The van der Waals surface area contributed by atoms with Gasteiger partial charge in [-0.2, -0.15) is 17.9 Å². The Labute approximate surface area is 171 Å². The molecule has 0 heterocycles. The Morgan fingerprint density at radius 3 is 2.40 bits per heavy atom. The summed E-state index contributed by atoms with van der Waals surface area (Å²) in [7, 11) is -4.10. The fourth-order valence-electron chi connectivity index (χ4n) is 2.53. The van der Waals surface area contributed by atoms with Crippen LogP contribution in [0.4, 0.5) is 23.2 Å². The van der Waals surface area contributed by atoms with Crippen LogP contribution in [0.1, 0.15) is 25.0 Å². The van der Waals surface area contributed by atoms with Crippen molar-refractivity contribution in [2.24, 2.45) is 0 Å². The van der Waals surface area contributed by atoms with Crippen LogP contribution in [0, 0.1) is 12.7 Å². The molecule has 0 aliphatic carbocycles. The number of carbonyl (C=O) groups is 1. The molecule has 0 fully saturated rings. The monoisotopic (exact) mass is 448 g/mol. The van der Waals surface area contributed by atoms with E-state index in [-0.39, 0.29) is 10.6 Å². The average Bonchev–Trinajstić information content (AvgIpc) is 2.63. The Morgan fingerprint density at radius 2 is 1.83 bits per heavy atom. The lowest BCUT2D eigenvalue weighted by Crippen LogP contribution is -2.41. The standard InChI is InChI=1S/C19H20F4N2O4S/c1-4-29-17-8-6-14(9-11(17)2)30(27,28)25-12(3)18(26)24-13-5-7-16(20)15(10-13)19(21,22)23/h5-10,12,25H,4H2,1-3H3,(H,24,26)/t12-/m0/s1. The first-order valence-corrected chi connectivity index (χ1v) is 10.3. The summed E-state index contributed by atoms with van der Waals surface area (Å²) in [6, 6.07) is 4.78. The molecule has 0 aliphatic rings. The van der Waals surface area contributed by atoms with Crippen molar-refractivity contribution in [2.45, 2.75) is 37.9 Å². The largest absolute Gasteiger partial charge is 0.494 e. The van der Waals surface area contributed by atoms with Crippen molar-refractivity contribution in [1.82, 2.24) is 4.72 Å². The Bertz CT molecular complexity index is 1040. The van der Waals surface area contributed by atoms with Crippen LogP contribution in [0.2, 0.25) is 0 Å².